The van der Waals surface area contributed by atoms with Gasteiger partial charge in [0.25, 0.3) is 0 Å². The summed E-state index contributed by atoms with van der Waals surface area (Å²) in [6.07, 6.45) is 3.42. The van der Waals surface area contributed by atoms with Gasteiger partial charge in [-0.05, 0) is 25.9 Å². The molecule has 0 atom stereocenters. The number of aromatic nitrogens is 3. The molecule has 1 aliphatic heterocycles. The number of nitrogens with one attached hydrogen (secondary N) is 1. The van der Waals surface area contributed by atoms with Crippen LogP contribution in [0.25, 0.3) is 0 Å². The number of thioether (sulfide) groups is 1. The van der Waals surface area contributed by atoms with Crippen LogP contribution in [0.4, 0.5) is 0 Å². The molecule has 1 saturated heterocycles. The Labute approximate surface area is 118 Å². The van der Waals surface area contributed by atoms with Gasteiger partial charge in [0.05, 0.1) is 5.75 Å². The highest BCUT2D eigenvalue weighted by molar-refractivity contribution is 8.00. The highest BCUT2D eigenvalue weighted by atomic mass is 32.2. The van der Waals surface area contributed by atoms with Crippen molar-refractivity contribution in [3.8, 4) is 0 Å². The van der Waals surface area contributed by atoms with Crippen LogP contribution >= 0.6 is 11.8 Å². The van der Waals surface area contributed by atoms with Crippen LogP contribution in [0.2, 0.25) is 0 Å². The van der Waals surface area contributed by atoms with Crippen LogP contribution in [-0.4, -0.2) is 54.0 Å². The zero-order valence-corrected chi connectivity index (χ0v) is 12.9. The SMILES string of the molecule is Cn1c(SCCS(C)(=O)=O)nnc1C1CCNCC1. The van der Waals surface area contributed by atoms with Crippen LogP contribution in [0.1, 0.15) is 24.6 Å². The molecular weight excluding hydrogens is 284 g/mol. The average Bonchev–Trinajstić information content (AvgIpc) is 2.71. The first-order valence-electron chi connectivity index (χ1n) is 6.38. The summed E-state index contributed by atoms with van der Waals surface area (Å²) in [4.78, 5) is 0. The molecular formula is C11H20N4O2S2. The van der Waals surface area contributed by atoms with E-state index in [1.54, 1.807) is 0 Å². The second kappa shape index (κ2) is 6.23. The summed E-state index contributed by atoms with van der Waals surface area (Å²) in [6.45, 7) is 2.04. The maximum absolute atomic E-state index is 11.1. The van der Waals surface area contributed by atoms with Gasteiger partial charge in [0.2, 0.25) is 0 Å². The van der Waals surface area contributed by atoms with Crippen molar-refractivity contribution in [2.75, 3.05) is 30.9 Å². The molecule has 8 heteroatoms. The molecule has 0 saturated carbocycles. The molecule has 0 unspecified atom stereocenters. The van der Waals surface area contributed by atoms with Gasteiger partial charge in [0.15, 0.2) is 5.16 Å². The van der Waals surface area contributed by atoms with Gasteiger partial charge in [-0.25, -0.2) is 8.42 Å². The summed E-state index contributed by atoms with van der Waals surface area (Å²) in [5.74, 6) is 2.18. The van der Waals surface area contributed by atoms with E-state index in [1.807, 2.05) is 11.6 Å². The summed E-state index contributed by atoms with van der Waals surface area (Å²) >= 11 is 1.45. The van der Waals surface area contributed by atoms with Crippen LogP contribution in [0.3, 0.4) is 0 Å². The Morgan fingerprint density at radius 2 is 2.05 bits per heavy atom. The smallest absolute Gasteiger partial charge is 0.190 e. The van der Waals surface area contributed by atoms with Crippen LogP contribution in [-0.2, 0) is 16.9 Å². The van der Waals surface area contributed by atoms with E-state index in [2.05, 4.69) is 15.5 Å². The highest BCUT2D eigenvalue weighted by Gasteiger charge is 2.21. The first-order chi connectivity index (χ1) is 8.97. The Bertz CT molecular complexity index is 521. The molecule has 0 bridgehead atoms. The van der Waals surface area contributed by atoms with E-state index in [9.17, 15) is 8.42 Å². The van der Waals surface area contributed by atoms with E-state index in [1.165, 1.54) is 18.0 Å². The minimum absolute atomic E-state index is 0.174. The third-order valence-electron chi connectivity index (χ3n) is 3.26. The molecule has 2 rings (SSSR count). The first kappa shape index (κ1) is 14.8. The Hall–Kier alpha value is -0.600. The van der Waals surface area contributed by atoms with Crippen molar-refractivity contribution in [3.63, 3.8) is 0 Å². The molecule has 108 valence electrons. The lowest BCUT2D eigenvalue weighted by Gasteiger charge is -2.21. The van der Waals surface area contributed by atoms with Crippen molar-refractivity contribution in [3.05, 3.63) is 5.82 Å². The molecule has 1 fully saturated rings. The normalized spacial score (nSPS) is 17.8. The summed E-state index contributed by atoms with van der Waals surface area (Å²) in [5.41, 5.74) is 0. The number of rotatable bonds is 5. The maximum Gasteiger partial charge on any atom is 0.190 e. The van der Waals surface area contributed by atoms with E-state index in [0.717, 1.165) is 36.9 Å². The van der Waals surface area contributed by atoms with Gasteiger partial charge in [0.1, 0.15) is 15.7 Å². The molecule has 1 aromatic rings. The molecule has 0 aromatic carbocycles. The van der Waals surface area contributed by atoms with Crippen molar-refractivity contribution in [1.29, 1.82) is 0 Å². The fourth-order valence-electron chi connectivity index (χ4n) is 2.17. The summed E-state index contributed by atoms with van der Waals surface area (Å²) in [7, 11) is -0.949. The lowest BCUT2D eigenvalue weighted by molar-refractivity contribution is 0.434. The minimum Gasteiger partial charge on any atom is -0.317 e. The Morgan fingerprint density at radius 1 is 1.37 bits per heavy atom. The van der Waals surface area contributed by atoms with Crippen LogP contribution in [0, 0.1) is 0 Å². The van der Waals surface area contributed by atoms with Crippen LogP contribution in [0.5, 0.6) is 0 Å². The second-order valence-electron chi connectivity index (χ2n) is 4.90. The van der Waals surface area contributed by atoms with Crippen LogP contribution < -0.4 is 5.32 Å². The Kier molecular flexibility index (Phi) is 4.86. The van der Waals surface area contributed by atoms with Gasteiger partial charge in [-0.2, -0.15) is 0 Å². The van der Waals surface area contributed by atoms with E-state index < -0.39 is 9.84 Å². The lowest BCUT2D eigenvalue weighted by Crippen LogP contribution is -2.27. The maximum atomic E-state index is 11.1. The second-order valence-corrected chi connectivity index (χ2v) is 8.22. The van der Waals surface area contributed by atoms with E-state index in [-0.39, 0.29) is 5.75 Å². The standard InChI is InChI=1S/C11H20N4O2S2/c1-15-10(9-3-5-12-6-4-9)13-14-11(15)18-7-8-19(2,16)17/h9,12H,3-8H2,1-2H3. The van der Waals surface area contributed by atoms with Crippen molar-refractivity contribution < 1.29 is 8.42 Å². The quantitative estimate of drug-likeness (QED) is 0.795. The number of hydrogen-bond acceptors (Lipinski definition) is 6. The number of piperidine rings is 1. The molecule has 1 aliphatic rings. The number of hydrogen-bond donors (Lipinski definition) is 1. The Balaban J connectivity index is 1.97. The molecule has 6 nitrogen and oxygen atoms in total. The van der Waals surface area contributed by atoms with Gasteiger partial charge >= 0.3 is 0 Å². The monoisotopic (exact) mass is 304 g/mol. The van der Waals surface area contributed by atoms with Crippen molar-refractivity contribution in [2.45, 2.75) is 23.9 Å². The zero-order valence-electron chi connectivity index (χ0n) is 11.3. The lowest BCUT2D eigenvalue weighted by atomic mass is 9.97. The topological polar surface area (TPSA) is 76.9 Å². The van der Waals surface area contributed by atoms with E-state index in [0.29, 0.717) is 11.7 Å². The fraction of sp³-hybridized carbons (Fsp3) is 0.818. The molecule has 1 N–H and O–H groups in total. The summed E-state index contributed by atoms with van der Waals surface area (Å²) < 4.78 is 24.2. The summed E-state index contributed by atoms with van der Waals surface area (Å²) in [5, 5.41) is 12.6. The Morgan fingerprint density at radius 3 is 2.68 bits per heavy atom. The number of sulfone groups is 1. The zero-order chi connectivity index (χ0) is 13.9. The molecule has 0 aliphatic carbocycles. The highest BCUT2D eigenvalue weighted by Crippen LogP contribution is 2.26. The van der Waals surface area contributed by atoms with Crippen molar-refractivity contribution in [1.82, 2.24) is 20.1 Å². The van der Waals surface area contributed by atoms with E-state index in [4.69, 9.17) is 0 Å². The van der Waals surface area contributed by atoms with Gasteiger partial charge in [0, 0.05) is 25.0 Å². The fourth-order valence-corrected chi connectivity index (χ4v) is 4.28. The molecule has 0 spiro atoms. The van der Waals surface area contributed by atoms with Crippen molar-refractivity contribution >= 4 is 21.6 Å². The summed E-state index contributed by atoms with van der Waals surface area (Å²) in [6, 6.07) is 0. The number of nitrogens with zero attached hydrogens (tertiary/aromatic N) is 3. The average molecular weight is 304 g/mol. The van der Waals surface area contributed by atoms with Gasteiger partial charge in [-0.3, -0.25) is 0 Å². The molecule has 19 heavy (non-hydrogen) atoms. The molecule has 1 aromatic heterocycles. The van der Waals surface area contributed by atoms with Crippen molar-refractivity contribution in [2.24, 2.45) is 7.05 Å². The first-order valence-corrected chi connectivity index (χ1v) is 9.42. The van der Waals surface area contributed by atoms with Gasteiger partial charge in [-0.1, -0.05) is 11.8 Å². The van der Waals surface area contributed by atoms with E-state index >= 15 is 0 Å². The minimum atomic E-state index is -2.91. The molecule has 0 radical (unpaired) electrons. The predicted octanol–water partition coefficient (Wildman–Crippen LogP) is 0.419. The molecule has 0 amide bonds. The van der Waals surface area contributed by atoms with Gasteiger partial charge < -0.3 is 9.88 Å². The van der Waals surface area contributed by atoms with Gasteiger partial charge in [-0.15, -0.1) is 10.2 Å². The third kappa shape index (κ3) is 4.19. The predicted molar refractivity (Wildman–Crippen MR) is 76.3 cm³/mol. The molecule has 2 heterocycles. The van der Waals surface area contributed by atoms with Crippen LogP contribution in [0.15, 0.2) is 5.16 Å². The largest absolute Gasteiger partial charge is 0.317 e. The third-order valence-corrected chi connectivity index (χ3v) is 5.48.